The Labute approximate surface area is 186 Å². The van der Waals surface area contributed by atoms with Gasteiger partial charge in [-0.05, 0) is 69.7 Å². The number of nitrogens with one attached hydrogen (secondary N) is 1. The lowest BCUT2D eigenvalue weighted by molar-refractivity contribution is -0.117. The highest BCUT2D eigenvalue weighted by atomic mass is 16.6. The second-order valence-electron chi connectivity index (χ2n) is 8.40. The van der Waals surface area contributed by atoms with E-state index >= 15 is 0 Å². The summed E-state index contributed by atoms with van der Waals surface area (Å²) in [7, 11) is 0. The largest absolute Gasteiger partial charge is 0.454 e. The predicted molar refractivity (Wildman–Crippen MR) is 119 cm³/mol. The Hall–Kier alpha value is -3.68. The number of benzene rings is 2. The zero-order valence-electron chi connectivity index (χ0n) is 18.3. The van der Waals surface area contributed by atoms with E-state index in [9.17, 15) is 19.2 Å². The van der Waals surface area contributed by atoms with Gasteiger partial charge in [0.2, 0.25) is 5.91 Å². The second kappa shape index (κ2) is 9.64. The minimum Gasteiger partial charge on any atom is -0.454 e. The van der Waals surface area contributed by atoms with Crippen LogP contribution in [0.1, 0.15) is 54.3 Å². The molecule has 0 bridgehead atoms. The fraction of sp³-hybridized carbons (Fsp3) is 0.333. The summed E-state index contributed by atoms with van der Waals surface area (Å²) in [6.45, 7) is 5.49. The van der Waals surface area contributed by atoms with Gasteiger partial charge in [0.25, 0.3) is 0 Å². The molecular formula is C24H26N2O6. The van der Waals surface area contributed by atoms with E-state index in [0.29, 0.717) is 24.2 Å². The van der Waals surface area contributed by atoms with Gasteiger partial charge in [-0.2, -0.15) is 0 Å². The Kier molecular flexibility index (Phi) is 6.92. The standard InChI is InChI=1S/C24H26N2O6/c1-24(2,3)32-23(30)25-18-7-4-6-17(14-18)22(29)31-15-20(27)16-9-11-19(12-10-16)26-13-5-8-21(26)28/h4,6-7,9-12,14H,5,8,13,15H2,1-3H3,(H,25,30). The molecule has 1 aliphatic heterocycles. The molecule has 2 amide bonds. The molecule has 1 heterocycles. The average molecular weight is 438 g/mol. The number of Topliss-reactive ketones (excluding diaryl/α,β-unsaturated/α-hetero) is 1. The van der Waals surface area contributed by atoms with E-state index in [1.165, 1.54) is 12.1 Å². The van der Waals surface area contributed by atoms with E-state index < -0.39 is 24.3 Å². The fourth-order valence-corrected chi connectivity index (χ4v) is 3.19. The topological polar surface area (TPSA) is 102 Å². The first-order chi connectivity index (χ1) is 15.1. The molecule has 1 N–H and O–H groups in total. The summed E-state index contributed by atoms with van der Waals surface area (Å²) in [6, 6.07) is 12.8. The van der Waals surface area contributed by atoms with E-state index in [1.54, 1.807) is 62.1 Å². The molecule has 168 valence electrons. The van der Waals surface area contributed by atoms with E-state index in [2.05, 4.69) is 5.32 Å². The Morgan fingerprint density at radius 3 is 2.38 bits per heavy atom. The molecule has 0 spiro atoms. The number of ketones is 1. The summed E-state index contributed by atoms with van der Waals surface area (Å²) in [4.78, 5) is 50.1. The Morgan fingerprint density at radius 1 is 1.03 bits per heavy atom. The second-order valence-corrected chi connectivity index (χ2v) is 8.40. The van der Waals surface area contributed by atoms with E-state index in [-0.39, 0.29) is 17.3 Å². The SMILES string of the molecule is CC(C)(C)OC(=O)Nc1cccc(C(=O)OCC(=O)c2ccc(N3CCCC3=O)cc2)c1. The van der Waals surface area contributed by atoms with Crippen LogP contribution in [-0.2, 0) is 14.3 Å². The van der Waals surface area contributed by atoms with Crippen molar-refractivity contribution in [3.05, 3.63) is 59.7 Å². The number of carbonyl (C=O) groups is 4. The maximum Gasteiger partial charge on any atom is 0.412 e. The highest BCUT2D eigenvalue weighted by Gasteiger charge is 2.22. The molecule has 0 atom stereocenters. The van der Waals surface area contributed by atoms with Gasteiger partial charge < -0.3 is 14.4 Å². The van der Waals surface area contributed by atoms with Gasteiger partial charge in [-0.15, -0.1) is 0 Å². The molecule has 32 heavy (non-hydrogen) atoms. The van der Waals surface area contributed by atoms with Crippen molar-refractivity contribution >= 4 is 35.1 Å². The molecule has 1 fully saturated rings. The summed E-state index contributed by atoms with van der Waals surface area (Å²) in [6.07, 6.45) is 0.715. The minimum absolute atomic E-state index is 0.0707. The zero-order valence-corrected chi connectivity index (χ0v) is 18.3. The number of esters is 1. The number of anilines is 2. The minimum atomic E-state index is -0.689. The number of rotatable bonds is 6. The smallest absolute Gasteiger partial charge is 0.412 e. The third-order valence-corrected chi connectivity index (χ3v) is 4.65. The number of ether oxygens (including phenoxy) is 2. The molecule has 8 nitrogen and oxygen atoms in total. The predicted octanol–water partition coefficient (Wildman–Crippen LogP) is 4.20. The quantitative estimate of drug-likeness (QED) is 0.536. The van der Waals surface area contributed by atoms with Crippen LogP contribution in [0.5, 0.6) is 0 Å². The summed E-state index contributed by atoms with van der Waals surface area (Å²) in [5.41, 5.74) is 1.04. The molecule has 0 aromatic heterocycles. The van der Waals surface area contributed by atoms with Gasteiger partial charge >= 0.3 is 12.1 Å². The van der Waals surface area contributed by atoms with Gasteiger partial charge in [0.15, 0.2) is 12.4 Å². The molecule has 2 aromatic rings. The Bertz CT molecular complexity index is 1020. The number of nitrogens with zero attached hydrogens (tertiary/aromatic N) is 1. The summed E-state index contributed by atoms with van der Waals surface area (Å²) in [5, 5.41) is 2.55. The number of amides is 2. The summed E-state index contributed by atoms with van der Waals surface area (Å²) < 4.78 is 10.3. The van der Waals surface area contributed by atoms with Crippen molar-refractivity contribution in [1.29, 1.82) is 0 Å². The molecule has 0 unspecified atom stereocenters. The molecule has 3 rings (SSSR count). The van der Waals surface area contributed by atoms with Crippen LogP contribution < -0.4 is 10.2 Å². The summed E-state index contributed by atoms with van der Waals surface area (Å²) in [5.74, 6) is -0.979. The van der Waals surface area contributed by atoms with Crippen molar-refractivity contribution in [2.75, 3.05) is 23.4 Å². The van der Waals surface area contributed by atoms with Crippen molar-refractivity contribution in [1.82, 2.24) is 0 Å². The first kappa shape index (κ1) is 23.0. The molecule has 2 aromatic carbocycles. The van der Waals surface area contributed by atoms with Gasteiger partial charge in [-0.3, -0.25) is 14.9 Å². The van der Waals surface area contributed by atoms with Gasteiger partial charge in [0.1, 0.15) is 5.60 Å². The zero-order chi connectivity index (χ0) is 23.3. The molecule has 1 saturated heterocycles. The molecule has 0 aliphatic carbocycles. The first-order valence-corrected chi connectivity index (χ1v) is 10.3. The highest BCUT2D eigenvalue weighted by molar-refractivity contribution is 6.01. The third kappa shape index (κ3) is 6.16. The monoisotopic (exact) mass is 438 g/mol. The lowest BCUT2D eigenvalue weighted by Crippen LogP contribution is -2.27. The van der Waals surface area contributed by atoms with Crippen LogP contribution in [0.15, 0.2) is 48.5 Å². The number of carbonyl (C=O) groups excluding carboxylic acids is 4. The number of hydrogen-bond donors (Lipinski definition) is 1. The normalized spacial score (nSPS) is 13.6. The molecule has 8 heteroatoms. The van der Waals surface area contributed by atoms with Crippen LogP contribution >= 0.6 is 0 Å². The van der Waals surface area contributed by atoms with Crippen LogP contribution in [0.2, 0.25) is 0 Å². The van der Waals surface area contributed by atoms with E-state index in [1.807, 2.05) is 0 Å². The van der Waals surface area contributed by atoms with Crippen molar-refractivity contribution in [3.63, 3.8) is 0 Å². The maximum absolute atomic E-state index is 12.4. The fourth-order valence-electron chi connectivity index (χ4n) is 3.19. The van der Waals surface area contributed by atoms with E-state index in [4.69, 9.17) is 9.47 Å². The molecular weight excluding hydrogens is 412 g/mol. The van der Waals surface area contributed by atoms with Crippen molar-refractivity contribution < 1.29 is 28.7 Å². The first-order valence-electron chi connectivity index (χ1n) is 10.3. The molecule has 0 saturated carbocycles. The van der Waals surface area contributed by atoms with Gasteiger partial charge in [0, 0.05) is 29.9 Å². The van der Waals surface area contributed by atoms with Crippen LogP contribution in [-0.4, -0.2) is 42.5 Å². The van der Waals surface area contributed by atoms with Crippen molar-refractivity contribution in [3.8, 4) is 0 Å². The van der Waals surface area contributed by atoms with Crippen LogP contribution in [0.4, 0.5) is 16.2 Å². The Morgan fingerprint density at radius 2 is 1.75 bits per heavy atom. The lowest BCUT2D eigenvalue weighted by atomic mass is 10.1. The lowest BCUT2D eigenvalue weighted by Gasteiger charge is -2.19. The van der Waals surface area contributed by atoms with Crippen LogP contribution in [0, 0.1) is 0 Å². The van der Waals surface area contributed by atoms with Gasteiger partial charge in [0.05, 0.1) is 5.56 Å². The van der Waals surface area contributed by atoms with Crippen LogP contribution in [0.25, 0.3) is 0 Å². The maximum atomic E-state index is 12.4. The van der Waals surface area contributed by atoms with Gasteiger partial charge in [-0.1, -0.05) is 6.07 Å². The van der Waals surface area contributed by atoms with E-state index in [0.717, 1.165) is 12.1 Å². The van der Waals surface area contributed by atoms with Gasteiger partial charge in [-0.25, -0.2) is 9.59 Å². The van der Waals surface area contributed by atoms with Crippen molar-refractivity contribution in [2.45, 2.75) is 39.2 Å². The van der Waals surface area contributed by atoms with Crippen LogP contribution in [0.3, 0.4) is 0 Å². The van der Waals surface area contributed by atoms with Crippen molar-refractivity contribution in [2.24, 2.45) is 0 Å². The average Bonchev–Trinajstić information content (AvgIpc) is 3.16. The molecule has 0 radical (unpaired) electrons. The number of hydrogen-bond acceptors (Lipinski definition) is 6. The Balaban J connectivity index is 1.55. The molecule has 1 aliphatic rings. The summed E-state index contributed by atoms with van der Waals surface area (Å²) >= 11 is 0. The highest BCUT2D eigenvalue weighted by Crippen LogP contribution is 2.22. The third-order valence-electron chi connectivity index (χ3n) is 4.65.